The minimum atomic E-state index is -0.590. The second-order valence-corrected chi connectivity index (χ2v) is 5.45. The van der Waals surface area contributed by atoms with E-state index in [1.165, 1.54) is 18.2 Å². The first-order valence-electron chi connectivity index (χ1n) is 7.24. The molecule has 0 spiro atoms. The van der Waals surface area contributed by atoms with Gasteiger partial charge < -0.3 is 15.4 Å². The molecular weight excluding hydrogens is 304 g/mol. The van der Waals surface area contributed by atoms with Crippen LogP contribution in [0.5, 0.6) is 0 Å². The molecule has 0 unspecified atom stereocenters. The molecule has 1 aromatic rings. The molecule has 0 heterocycles. The average Bonchev–Trinajstić information content (AvgIpc) is 3.02. The van der Waals surface area contributed by atoms with Crippen molar-refractivity contribution in [2.45, 2.75) is 26.2 Å². The van der Waals surface area contributed by atoms with Crippen molar-refractivity contribution in [1.29, 1.82) is 0 Å². The van der Waals surface area contributed by atoms with Crippen molar-refractivity contribution in [3.63, 3.8) is 0 Å². The number of nitrogens with zero attached hydrogens (tertiary/aromatic N) is 1. The van der Waals surface area contributed by atoms with Crippen molar-refractivity contribution in [3.05, 3.63) is 40.6 Å². The van der Waals surface area contributed by atoms with Crippen LogP contribution in [0, 0.1) is 0 Å². The van der Waals surface area contributed by atoms with E-state index in [2.05, 4.69) is 6.08 Å². The predicted molar refractivity (Wildman–Crippen MR) is 85.5 cm³/mol. The van der Waals surface area contributed by atoms with Crippen LogP contribution >= 0.6 is 11.6 Å². The molecule has 0 fully saturated rings. The quantitative estimate of drug-likeness (QED) is 0.668. The first kappa shape index (κ1) is 16.4. The standard InChI is InChI=1S/C16H19ClN2O3/c1-2-19(12-5-3-4-6-12)15(20)10-22-16(21)11-7-8-13(17)14(18)9-11/h5,7-9H,2-4,6,10,18H2,1H3. The zero-order chi connectivity index (χ0) is 16.1. The molecule has 22 heavy (non-hydrogen) atoms. The van der Waals surface area contributed by atoms with Crippen molar-refractivity contribution in [2.24, 2.45) is 0 Å². The summed E-state index contributed by atoms with van der Waals surface area (Å²) in [7, 11) is 0. The van der Waals surface area contributed by atoms with Crippen LogP contribution in [-0.2, 0) is 9.53 Å². The minimum absolute atomic E-state index is 0.217. The minimum Gasteiger partial charge on any atom is -0.452 e. The van der Waals surface area contributed by atoms with E-state index in [4.69, 9.17) is 22.1 Å². The van der Waals surface area contributed by atoms with Gasteiger partial charge in [0.15, 0.2) is 6.61 Å². The van der Waals surface area contributed by atoms with Gasteiger partial charge in [0.1, 0.15) is 0 Å². The molecule has 0 radical (unpaired) electrons. The Kier molecular flexibility index (Phi) is 5.44. The highest BCUT2D eigenvalue weighted by Crippen LogP contribution is 2.22. The van der Waals surface area contributed by atoms with E-state index in [9.17, 15) is 9.59 Å². The summed E-state index contributed by atoms with van der Waals surface area (Å²) in [5.74, 6) is -0.806. The Morgan fingerprint density at radius 1 is 1.41 bits per heavy atom. The number of amides is 1. The van der Waals surface area contributed by atoms with Gasteiger partial charge in [-0.05, 0) is 44.4 Å². The molecule has 2 rings (SSSR count). The molecule has 1 aliphatic carbocycles. The average molecular weight is 323 g/mol. The van der Waals surface area contributed by atoms with Gasteiger partial charge in [-0.1, -0.05) is 17.7 Å². The Labute approximate surface area is 134 Å². The fourth-order valence-electron chi connectivity index (χ4n) is 2.40. The summed E-state index contributed by atoms with van der Waals surface area (Å²) in [6, 6.07) is 4.48. The number of anilines is 1. The van der Waals surface area contributed by atoms with Crippen molar-refractivity contribution in [2.75, 3.05) is 18.9 Å². The summed E-state index contributed by atoms with van der Waals surface area (Å²) in [6.07, 6.45) is 5.00. The van der Waals surface area contributed by atoms with Crippen molar-refractivity contribution < 1.29 is 14.3 Å². The number of nitrogen functional groups attached to an aromatic ring is 1. The molecule has 5 nitrogen and oxygen atoms in total. The highest BCUT2D eigenvalue weighted by atomic mass is 35.5. The number of carbonyl (C=O) groups excluding carboxylic acids is 2. The molecule has 2 N–H and O–H groups in total. The maximum Gasteiger partial charge on any atom is 0.338 e. The Bertz CT molecular complexity index is 613. The largest absolute Gasteiger partial charge is 0.452 e. The lowest BCUT2D eigenvalue weighted by atomic mass is 10.2. The zero-order valence-electron chi connectivity index (χ0n) is 12.5. The highest BCUT2D eigenvalue weighted by molar-refractivity contribution is 6.33. The summed E-state index contributed by atoms with van der Waals surface area (Å²) in [5, 5.41) is 0.373. The number of benzene rings is 1. The Hall–Kier alpha value is -2.01. The van der Waals surface area contributed by atoms with Gasteiger partial charge in [0.05, 0.1) is 16.3 Å². The normalized spacial score (nSPS) is 13.6. The van der Waals surface area contributed by atoms with Crippen molar-refractivity contribution in [3.8, 4) is 0 Å². The Morgan fingerprint density at radius 2 is 2.18 bits per heavy atom. The van der Waals surface area contributed by atoms with Crippen LogP contribution in [0.4, 0.5) is 5.69 Å². The number of ether oxygens (including phenoxy) is 1. The van der Waals surface area contributed by atoms with E-state index in [0.717, 1.165) is 25.0 Å². The van der Waals surface area contributed by atoms with Gasteiger partial charge >= 0.3 is 5.97 Å². The van der Waals surface area contributed by atoms with Crippen LogP contribution < -0.4 is 5.73 Å². The smallest absolute Gasteiger partial charge is 0.338 e. The number of halogens is 1. The topological polar surface area (TPSA) is 72.6 Å². The summed E-state index contributed by atoms with van der Waals surface area (Å²) in [6.45, 7) is 2.18. The second kappa shape index (κ2) is 7.31. The first-order chi connectivity index (χ1) is 10.5. The summed E-state index contributed by atoms with van der Waals surface area (Å²) >= 11 is 5.80. The van der Waals surface area contributed by atoms with E-state index in [1.807, 2.05) is 6.92 Å². The number of rotatable bonds is 5. The molecule has 0 bridgehead atoms. The molecule has 0 atom stereocenters. The number of nitrogens with two attached hydrogens (primary N) is 1. The summed E-state index contributed by atoms with van der Waals surface area (Å²) in [4.78, 5) is 25.8. The molecule has 0 saturated heterocycles. The van der Waals surface area contributed by atoms with Crippen LogP contribution in [0.2, 0.25) is 5.02 Å². The highest BCUT2D eigenvalue weighted by Gasteiger charge is 2.20. The van der Waals surface area contributed by atoms with Crippen LogP contribution in [0.15, 0.2) is 30.0 Å². The molecular formula is C16H19ClN2O3. The first-order valence-corrected chi connectivity index (χ1v) is 7.62. The predicted octanol–water partition coefficient (Wildman–Crippen LogP) is 3.00. The molecule has 118 valence electrons. The number of hydrogen-bond donors (Lipinski definition) is 1. The molecule has 1 aliphatic rings. The van der Waals surface area contributed by atoms with Crippen molar-refractivity contribution in [1.82, 2.24) is 4.90 Å². The van der Waals surface area contributed by atoms with Gasteiger partial charge in [0.25, 0.3) is 5.91 Å². The number of hydrogen-bond acceptors (Lipinski definition) is 4. The Balaban J connectivity index is 1.94. The lowest BCUT2D eigenvalue weighted by molar-refractivity contribution is -0.132. The van der Waals surface area contributed by atoms with Crippen LogP contribution in [0.3, 0.4) is 0 Å². The van der Waals surface area contributed by atoms with Gasteiger partial charge in [-0.25, -0.2) is 4.79 Å². The lowest BCUT2D eigenvalue weighted by Crippen LogP contribution is -2.33. The second-order valence-electron chi connectivity index (χ2n) is 5.04. The molecule has 0 aromatic heterocycles. The molecule has 6 heteroatoms. The fraction of sp³-hybridized carbons (Fsp3) is 0.375. The zero-order valence-corrected chi connectivity index (χ0v) is 13.2. The number of allylic oxidation sites excluding steroid dienone is 2. The third-order valence-corrected chi connectivity index (χ3v) is 3.88. The molecule has 1 amide bonds. The van der Waals surface area contributed by atoms with Gasteiger partial charge in [-0.15, -0.1) is 0 Å². The Morgan fingerprint density at radius 3 is 2.77 bits per heavy atom. The van der Waals surface area contributed by atoms with Crippen molar-refractivity contribution >= 4 is 29.2 Å². The van der Waals surface area contributed by atoms with Gasteiger partial charge in [-0.2, -0.15) is 0 Å². The summed E-state index contributed by atoms with van der Waals surface area (Å²) in [5.41, 5.74) is 7.23. The SMILES string of the molecule is CCN(C(=O)COC(=O)c1ccc(Cl)c(N)c1)C1=CCCC1. The van der Waals surface area contributed by atoms with E-state index >= 15 is 0 Å². The van der Waals surface area contributed by atoms with E-state index < -0.39 is 5.97 Å². The monoisotopic (exact) mass is 322 g/mol. The molecule has 0 aliphatic heterocycles. The summed E-state index contributed by atoms with van der Waals surface area (Å²) < 4.78 is 5.07. The van der Waals surface area contributed by atoms with E-state index in [1.54, 1.807) is 4.90 Å². The number of esters is 1. The van der Waals surface area contributed by atoms with Gasteiger partial charge in [0.2, 0.25) is 0 Å². The van der Waals surface area contributed by atoms with E-state index in [-0.39, 0.29) is 18.1 Å². The fourth-order valence-corrected chi connectivity index (χ4v) is 2.52. The lowest BCUT2D eigenvalue weighted by Gasteiger charge is -2.22. The van der Waals surface area contributed by atoms with Crippen LogP contribution in [0.1, 0.15) is 36.5 Å². The third-order valence-electron chi connectivity index (χ3n) is 3.54. The van der Waals surface area contributed by atoms with Gasteiger partial charge in [-0.3, -0.25) is 4.79 Å². The third kappa shape index (κ3) is 3.80. The number of likely N-dealkylation sites (N-methyl/N-ethyl adjacent to an activating group) is 1. The van der Waals surface area contributed by atoms with Crippen LogP contribution in [0.25, 0.3) is 0 Å². The van der Waals surface area contributed by atoms with E-state index in [0.29, 0.717) is 17.3 Å². The number of carbonyl (C=O) groups is 2. The maximum absolute atomic E-state index is 12.2. The molecule has 1 aromatic carbocycles. The van der Waals surface area contributed by atoms with Crippen LogP contribution in [-0.4, -0.2) is 29.9 Å². The molecule has 0 saturated carbocycles. The maximum atomic E-state index is 12.2. The van der Waals surface area contributed by atoms with Gasteiger partial charge in [0, 0.05) is 12.2 Å².